The molecule has 2 aromatic rings. The standard InChI is InChI=1S/C15H16N2/c1-16-15-10-14(11-6-8-17-9-7-11)12-4-2-3-5-13(12)15/h2-9,14-16H,10H2,1H3/t14-,15+/m0/s1. The Balaban J connectivity index is 2.05. The number of fused-ring (bicyclic) bond motifs is 1. The van der Waals surface area contributed by atoms with Crippen LogP contribution in [0, 0.1) is 0 Å². The molecule has 2 heteroatoms. The second-order valence-electron chi connectivity index (χ2n) is 4.54. The maximum absolute atomic E-state index is 4.10. The Bertz CT molecular complexity index is 507. The van der Waals surface area contributed by atoms with E-state index in [-0.39, 0.29) is 0 Å². The first-order valence-electron chi connectivity index (χ1n) is 6.06. The number of hydrogen-bond acceptors (Lipinski definition) is 2. The van der Waals surface area contributed by atoms with Gasteiger partial charge in [-0.1, -0.05) is 24.3 Å². The largest absolute Gasteiger partial charge is 0.313 e. The summed E-state index contributed by atoms with van der Waals surface area (Å²) in [4.78, 5) is 4.10. The van der Waals surface area contributed by atoms with Gasteiger partial charge in [0.25, 0.3) is 0 Å². The van der Waals surface area contributed by atoms with E-state index >= 15 is 0 Å². The lowest BCUT2D eigenvalue weighted by atomic mass is 9.94. The van der Waals surface area contributed by atoms with Gasteiger partial charge in [0.05, 0.1) is 0 Å². The van der Waals surface area contributed by atoms with E-state index < -0.39 is 0 Å². The molecule has 0 unspecified atom stereocenters. The fourth-order valence-corrected chi connectivity index (χ4v) is 2.82. The van der Waals surface area contributed by atoms with Crippen LogP contribution in [0.1, 0.15) is 35.1 Å². The molecule has 1 N–H and O–H groups in total. The van der Waals surface area contributed by atoms with E-state index in [1.165, 1.54) is 16.7 Å². The Labute approximate surface area is 102 Å². The molecule has 0 radical (unpaired) electrons. The van der Waals surface area contributed by atoms with Gasteiger partial charge in [-0.05, 0) is 42.3 Å². The van der Waals surface area contributed by atoms with Crippen molar-refractivity contribution in [3.8, 4) is 0 Å². The summed E-state index contributed by atoms with van der Waals surface area (Å²) >= 11 is 0. The summed E-state index contributed by atoms with van der Waals surface area (Å²) in [6.45, 7) is 0. The first kappa shape index (κ1) is 10.5. The lowest BCUT2D eigenvalue weighted by Crippen LogP contribution is -2.13. The van der Waals surface area contributed by atoms with Gasteiger partial charge in [-0.2, -0.15) is 0 Å². The van der Waals surface area contributed by atoms with Crippen LogP contribution in [0.3, 0.4) is 0 Å². The topological polar surface area (TPSA) is 24.9 Å². The molecular weight excluding hydrogens is 208 g/mol. The average molecular weight is 224 g/mol. The summed E-state index contributed by atoms with van der Waals surface area (Å²) in [5.41, 5.74) is 4.26. The third-order valence-corrected chi connectivity index (χ3v) is 3.68. The van der Waals surface area contributed by atoms with E-state index in [9.17, 15) is 0 Å². The van der Waals surface area contributed by atoms with Crippen LogP contribution in [0.4, 0.5) is 0 Å². The molecule has 0 saturated heterocycles. The molecule has 0 saturated carbocycles. The smallest absolute Gasteiger partial charge is 0.0329 e. The molecule has 3 rings (SSSR count). The monoisotopic (exact) mass is 224 g/mol. The molecule has 0 amide bonds. The molecule has 1 heterocycles. The van der Waals surface area contributed by atoms with Crippen molar-refractivity contribution in [2.24, 2.45) is 0 Å². The Morgan fingerprint density at radius 1 is 1.06 bits per heavy atom. The minimum absolute atomic E-state index is 0.476. The van der Waals surface area contributed by atoms with Crippen molar-refractivity contribution in [1.29, 1.82) is 0 Å². The number of pyridine rings is 1. The highest BCUT2D eigenvalue weighted by Gasteiger charge is 2.30. The van der Waals surface area contributed by atoms with Crippen molar-refractivity contribution < 1.29 is 0 Å². The van der Waals surface area contributed by atoms with Gasteiger partial charge in [0.15, 0.2) is 0 Å². The number of benzene rings is 1. The molecule has 0 fully saturated rings. The molecule has 1 aliphatic carbocycles. The van der Waals surface area contributed by atoms with Gasteiger partial charge in [-0.25, -0.2) is 0 Å². The molecule has 86 valence electrons. The third kappa shape index (κ3) is 1.75. The Morgan fingerprint density at radius 2 is 1.76 bits per heavy atom. The lowest BCUT2D eigenvalue weighted by molar-refractivity contribution is 0.564. The van der Waals surface area contributed by atoms with E-state index in [1.54, 1.807) is 0 Å². The van der Waals surface area contributed by atoms with Crippen LogP contribution in [0.2, 0.25) is 0 Å². The van der Waals surface area contributed by atoms with Gasteiger partial charge in [0.2, 0.25) is 0 Å². The molecule has 2 nitrogen and oxygen atoms in total. The van der Waals surface area contributed by atoms with E-state index in [0.29, 0.717) is 12.0 Å². The summed E-state index contributed by atoms with van der Waals surface area (Å²) < 4.78 is 0. The molecule has 0 spiro atoms. The number of nitrogens with zero attached hydrogens (tertiary/aromatic N) is 1. The molecule has 1 aromatic heterocycles. The predicted octanol–water partition coefficient (Wildman–Crippen LogP) is 2.88. The van der Waals surface area contributed by atoms with Crippen LogP contribution < -0.4 is 5.32 Å². The minimum Gasteiger partial charge on any atom is -0.313 e. The minimum atomic E-state index is 0.476. The van der Waals surface area contributed by atoms with Crippen LogP contribution in [-0.2, 0) is 0 Å². The maximum atomic E-state index is 4.10. The molecule has 1 aliphatic rings. The molecule has 1 aromatic carbocycles. The first-order chi connectivity index (χ1) is 8.40. The molecule has 2 atom stereocenters. The van der Waals surface area contributed by atoms with Crippen molar-refractivity contribution in [3.63, 3.8) is 0 Å². The van der Waals surface area contributed by atoms with Gasteiger partial charge in [-0.15, -0.1) is 0 Å². The van der Waals surface area contributed by atoms with Crippen LogP contribution >= 0.6 is 0 Å². The van der Waals surface area contributed by atoms with Crippen molar-refractivity contribution in [2.75, 3.05) is 7.05 Å². The number of hydrogen-bond donors (Lipinski definition) is 1. The third-order valence-electron chi connectivity index (χ3n) is 3.68. The number of nitrogens with one attached hydrogen (secondary N) is 1. The molecule has 17 heavy (non-hydrogen) atoms. The highest BCUT2D eigenvalue weighted by Crippen LogP contribution is 2.43. The fraction of sp³-hybridized carbons (Fsp3) is 0.267. The van der Waals surface area contributed by atoms with E-state index in [2.05, 4.69) is 46.7 Å². The van der Waals surface area contributed by atoms with E-state index in [4.69, 9.17) is 0 Å². The zero-order chi connectivity index (χ0) is 11.7. The zero-order valence-corrected chi connectivity index (χ0v) is 9.93. The summed E-state index contributed by atoms with van der Waals surface area (Å²) in [5.74, 6) is 0.506. The van der Waals surface area contributed by atoms with E-state index in [1.807, 2.05) is 19.4 Å². The Hall–Kier alpha value is -1.67. The van der Waals surface area contributed by atoms with Gasteiger partial charge in [0, 0.05) is 24.4 Å². The van der Waals surface area contributed by atoms with Crippen molar-refractivity contribution in [3.05, 3.63) is 65.5 Å². The number of aromatic nitrogens is 1. The summed E-state index contributed by atoms with van der Waals surface area (Å²) in [6, 6.07) is 13.5. The molecule has 0 bridgehead atoms. The predicted molar refractivity (Wildman–Crippen MR) is 68.9 cm³/mol. The average Bonchev–Trinajstić information content (AvgIpc) is 2.78. The van der Waals surface area contributed by atoms with Gasteiger partial charge >= 0.3 is 0 Å². The first-order valence-corrected chi connectivity index (χ1v) is 6.06. The van der Waals surface area contributed by atoms with E-state index in [0.717, 1.165) is 6.42 Å². The summed E-state index contributed by atoms with van der Waals surface area (Å²) in [6.07, 6.45) is 4.90. The summed E-state index contributed by atoms with van der Waals surface area (Å²) in [5, 5.41) is 3.40. The highest BCUT2D eigenvalue weighted by molar-refractivity contribution is 5.43. The molecular formula is C15H16N2. The highest BCUT2D eigenvalue weighted by atomic mass is 14.9. The lowest BCUT2D eigenvalue weighted by Gasteiger charge is -2.11. The Morgan fingerprint density at radius 3 is 2.47 bits per heavy atom. The Kier molecular flexibility index (Phi) is 2.65. The van der Waals surface area contributed by atoms with Crippen molar-refractivity contribution in [2.45, 2.75) is 18.4 Å². The van der Waals surface area contributed by atoms with Crippen LogP contribution in [-0.4, -0.2) is 12.0 Å². The molecule has 0 aliphatic heterocycles. The fourth-order valence-electron chi connectivity index (χ4n) is 2.82. The number of rotatable bonds is 2. The van der Waals surface area contributed by atoms with Crippen LogP contribution in [0.25, 0.3) is 0 Å². The second kappa shape index (κ2) is 4.30. The van der Waals surface area contributed by atoms with Crippen LogP contribution in [0.15, 0.2) is 48.8 Å². The van der Waals surface area contributed by atoms with Crippen molar-refractivity contribution >= 4 is 0 Å². The quantitative estimate of drug-likeness (QED) is 0.848. The summed E-state index contributed by atoms with van der Waals surface area (Å²) in [7, 11) is 2.04. The van der Waals surface area contributed by atoms with Gasteiger partial charge in [0.1, 0.15) is 0 Å². The van der Waals surface area contributed by atoms with Crippen LogP contribution in [0.5, 0.6) is 0 Å². The normalized spacial score (nSPS) is 22.4. The maximum Gasteiger partial charge on any atom is 0.0329 e. The zero-order valence-electron chi connectivity index (χ0n) is 9.93. The van der Waals surface area contributed by atoms with Gasteiger partial charge in [-0.3, -0.25) is 4.98 Å². The van der Waals surface area contributed by atoms with Gasteiger partial charge < -0.3 is 5.32 Å². The van der Waals surface area contributed by atoms with Crippen molar-refractivity contribution in [1.82, 2.24) is 10.3 Å². The SMILES string of the molecule is CN[C@@H]1C[C@@H](c2ccncc2)c2ccccc21. The second-order valence-corrected chi connectivity index (χ2v) is 4.54.